The van der Waals surface area contributed by atoms with E-state index in [4.69, 9.17) is 15.0 Å². The van der Waals surface area contributed by atoms with Gasteiger partial charge in [-0.1, -0.05) is 140 Å². The van der Waals surface area contributed by atoms with Gasteiger partial charge in [0.25, 0.3) is 0 Å². The second-order valence-corrected chi connectivity index (χ2v) is 12.5. The highest BCUT2D eigenvalue weighted by Gasteiger charge is 2.25. The summed E-state index contributed by atoms with van der Waals surface area (Å²) >= 11 is 0. The molecule has 5 heteroatoms. The summed E-state index contributed by atoms with van der Waals surface area (Å²) in [4.78, 5) is 15.7. The molecule has 0 saturated carbocycles. The highest BCUT2D eigenvalue weighted by atomic mass is 15.1. The minimum atomic E-state index is 0.611. The molecule has 3 heterocycles. The number of benzene rings is 7. The van der Waals surface area contributed by atoms with Crippen LogP contribution < -0.4 is 0 Å². The Balaban J connectivity index is 1.42. The van der Waals surface area contributed by atoms with Crippen LogP contribution >= 0.6 is 0 Å². The summed E-state index contributed by atoms with van der Waals surface area (Å²) in [7, 11) is 0. The lowest BCUT2D eigenvalue weighted by Crippen LogP contribution is -2.06. The number of nitrogens with zero attached hydrogens (tertiary/aromatic N) is 5. The van der Waals surface area contributed by atoms with E-state index >= 15 is 0 Å². The average molecular weight is 640 g/mol. The summed E-state index contributed by atoms with van der Waals surface area (Å²) in [6.07, 6.45) is 0. The van der Waals surface area contributed by atoms with E-state index in [-0.39, 0.29) is 0 Å². The van der Waals surface area contributed by atoms with Crippen molar-refractivity contribution in [3.63, 3.8) is 0 Å². The van der Waals surface area contributed by atoms with Gasteiger partial charge in [0, 0.05) is 38.4 Å². The molecule has 0 aliphatic rings. The van der Waals surface area contributed by atoms with E-state index in [2.05, 4.69) is 149 Å². The minimum absolute atomic E-state index is 0.611. The van der Waals surface area contributed by atoms with Crippen molar-refractivity contribution in [2.75, 3.05) is 0 Å². The first-order valence-electron chi connectivity index (χ1n) is 16.8. The molecule has 0 amide bonds. The molecule has 0 aliphatic carbocycles. The van der Waals surface area contributed by atoms with Crippen molar-refractivity contribution in [2.24, 2.45) is 0 Å². The fourth-order valence-electron chi connectivity index (χ4n) is 7.40. The topological polar surface area (TPSA) is 48.5 Å². The Hall–Kier alpha value is -6.85. The van der Waals surface area contributed by atoms with Crippen molar-refractivity contribution in [3.05, 3.63) is 176 Å². The van der Waals surface area contributed by atoms with Gasteiger partial charge in [0.05, 0.1) is 33.3 Å². The maximum atomic E-state index is 5.34. The van der Waals surface area contributed by atoms with Crippen molar-refractivity contribution in [2.45, 2.75) is 0 Å². The number of para-hydroxylation sites is 4. The van der Waals surface area contributed by atoms with Crippen LogP contribution in [0.1, 0.15) is 0 Å². The zero-order valence-electron chi connectivity index (χ0n) is 27.0. The Kier molecular flexibility index (Phi) is 6.42. The van der Waals surface area contributed by atoms with Gasteiger partial charge < -0.3 is 9.13 Å². The number of rotatable bonds is 5. The second-order valence-electron chi connectivity index (χ2n) is 12.5. The van der Waals surface area contributed by atoms with Gasteiger partial charge in [0.1, 0.15) is 0 Å². The molecule has 0 aliphatic heterocycles. The van der Waals surface area contributed by atoms with Crippen LogP contribution in [0.5, 0.6) is 0 Å². The van der Waals surface area contributed by atoms with Crippen molar-refractivity contribution in [1.82, 2.24) is 24.1 Å². The molecule has 234 valence electrons. The number of aromatic nitrogens is 5. The first kappa shape index (κ1) is 28.2. The fraction of sp³-hybridized carbons (Fsp3) is 0. The third-order valence-electron chi connectivity index (χ3n) is 9.57. The van der Waals surface area contributed by atoms with Gasteiger partial charge in [-0.15, -0.1) is 0 Å². The van der Waals surface area contributed by atoms with E-state index in [0.29, 0.717) is 17.5 Å². The highest BCUT2D eigenvalue weighted by molar-refractivity contribution is 6.16. The van der Waals surface area contributed by atoms with Crippen LogP contribution in [0.15, 0.2) is 176 Å². The molecule has 0 spiro atoms. The van der Waals surface area contributed by atoms with E-state index in [1.807, 2.05) is 36.4 Å². The first-order valence-corrected chi connectivity index (χ1v) is 16.8. The standard InChI is InChI=1S/C45H29N5/c1-4-16-30(17-5-1)43-46-44(31-18-6-2-7-19-31)48-45(47-43)41-40(50-38-26-14-10-22-33(38)34-23-11-15-27-39(34)50)29-28-36-35-24-12-13-25-37(35)49(42(36)41)32-20-8-3-9-21-32/h1-29H. The smallest absolute Gasteiger partial charge is 0.168 e. The summed E-state index contributed by atoms with van der Waals surface area (Å²) in [5.74, 6) is 1.86. The summed E-state index contributed by atoms with van der Waals surface area (Å²) in [5, 5.41) is 4.69. The van der Waals surface area contributed by atoms with E-state index in [1.165, 1.54) is 16.2 Å². The summed E-state index contributed by atoms with van der Waals surface area (Å²) < 4.78 is 4.74. The van der Waals surface area contributed by atoms with Crippen LogP contribution in [0.2, 0.25) is 0 Å². The molecule has 0 fully saturated rings. The molecule has 50 heavy (non-hydrogen) atoms. The summed E-state index contributed by atoms with van der Waals surface area (Å²) in [6.45, 7) is 0. The first-order chi connectivity index (χ1) is 24.8. The van der Waals surface area contributed by atoms with Crippen LogP contribution in [-0.4, -0.2) is 24.1 Å². The zero-order valence-corrected chi connectivity index (χ0v) is 27.0. The highest BCUT2D eigenvalue weighted by Crippen LogP contribution is 2.43. The Bertz CT molecular complexity index is 2740. The lowest BCUT2D eigenvalue weighted by atomic mass is 10.0. The number of hydrogen-bond donors (Lipinski definition) is 0. The van der Waals surface area contributed by atoms with E-state index < -0.39 is 0 Å². The molecule has 0 saturated heterocycles. The lowest BCUT2D eigenvalue weighted by Gasteiger charge is -2.18. The predicted octanol–water partition coefficient (Wildman–Crippen LogP) is 11.1. The molecule has 0 atom stereocenters. The van der Waals surface area contributed by atoms with Crippen LogP contribution in [-0.2, 0) is 0 Å². The van der Waals surface area contributed by atoms with Gasteiger partial charge in [-0.3, -0.25) is 0 Å². The van der Waals surface area contributed by atoms with Crippen molar-refractivity contribution in [1.29, 1.82) is 0 Å². The molecule has 10 rings (SSSR count). The van der Waals surface area contributed by atoms with E-state index in [0.717, 1.165) is 55.5 Å². The molecular weight excluding hydrogens is 611 g/mol. The molecule has 0 bridgehead atoms. The fourth-order valence-corrected chi connectivity index (χ4v) is 7.40. The SMILES string of the molecule is c1ccc(-c2nc(-c3ccccc3)nc(-c3c(-n4c5ccccc5c5ccccc54)ccc4c5ccccc5n(-c5ccccc5)c34)n2)cc1. The van der Waals surface area contributed by atoms with Crippen molar-refractivity contribution < 1.29 is 0 Å². The minimum Gasteiger partial charge on any atom is -0.308 e. The van der Waals surface area contributed by atoms with Gasteiger partial charge in [-0.25, -0.2) is 15.0 Å². The molecule has 0 unspecified atom stereocenters. The van der Waals surface area contributed by atoms with Crippen LogP contribution in [0.3, 0.4) is 0 Å². The van der Waals surface area contributed by atoms with Crippen molar-refractivity contribution in [3.8, 4) is 45.5 Å². The van der Waals surface area contributed by atoms with Gasteiger partial charge in [0.15, 0.2) is 17.5 Å². The summed E-state index contributed by atoms with van der Waals surface area (Å²) in [5.41, 5.74) is 9.28. The van der Waals surface area contributed by atoms with E-state index in [1.54, 1.807) is 0 Å². The molecule has 5 nitrogen and oxygen atoms in total. The molecular formula is C45H29N5. The van der Waals surface area contributed by atoms with E-state index in [9.17, 15) is 0 Å². The maximum absolute atomic E-state index is 5.34. The van der Waals surface area contributed by atoms with Gasteiger partial charge in [0.2, 0.25) is 0 Å². The Morgan fingerprint density at radius 1 is 0.320 bits per heavy atom. The lowest BCUT2D eigenvalue weighted by molar-refractivity contribution is 1.06. The maximum Gasteiger partial charge on any atom is 0.168 e. The third kappa shape index (κ3) is 4.37. The molecule has 10 aromatic rings. The average Bonchev–Trinajstić information content (AvgIpc) is 3.71. The van der Waals surface area contributed by atoms with Gasteiger partial charge in [-0.05, 0) is 36.4 Å². The molecule has 7 aromatic carbocycles. The molecule has 0 radical (unpaired) electrons. The number of fused-ring (bicyclic) bond motifs is 6. The predicted molar refractivity (Wildman–Crippen MR) is 205 cm³/mol. The Labute approximate surface area is 288 Å². The number of hydrogen-bond acceptors (Lipinski definition) is 3. The molecule has 3 aromatic heterocycles. The Morgan fingerprint density at radius 3 is 1.28 bits per heavy atom. The second kappa shape index (κ2) is 11.4. The quantitative estimate of drug-likeness (QED) is 0.188. The summed E-state index contributed by atoms with van der Waals surface area (Å²) in [6, 6.07) is 61.4. The van der Waals surface area contributed by atoms with Crippen LogP contribution in [0.4, 0.5) is 0 Å². The zero-order chi connectivity index (χ0) is 33.0. The largest absolute Gasteiger partial charge is 0.308 e. The van der Waals surface area contributed by atoms with Gasteiger partial charge >= 0.3 is 0 Å². The van der Waals surface area contributed by atoms with Gasteiger partial charge in [-0.2, -0.15) is 0 Å². The van der Waals surface area contributed by atoms with Crippen LogP contribution in [0, 0.1) is 0 Å². The van der Waals surface area contributed by atoms with Crippen LogP contribution in [0.25, 0.3) is 89.2 Å². The monoisotopic (exact) mass is 639 g/mol. The Morgan fingerprint density at radius 2 is 0.740 bits per heavy atom. The normalized spacial score (nSPS) is 11.6. The van der Waals surface area contributed by atoms with Crippen molar-refractivity contribution >= 4 is 43.6 Å². The molecule has 0 N–H and O–H groups in total. The third-order valence-corrected chi connectivity index (χ3v) is 9.57.